The van der Waals surface area contributed by atoms with Gasteiger partial charge in [0, 0.05) is 12.7 Å². The highest BCUT2D eigenvalue weighted by Crippen LogP contribution is 2.24. The number of rotatable bonds is 3. The van der Waals surface area contributed by atoms with E-state index < -0.39 is 0 Å². The number of thiazole rings is 1. The van der Waals surface area contributed by atoms with Crippen molar-refractivity contribution in [2.75, 3.05) is 5.32 Å². The Balaban J connectivity index is 1.81. The summed E-state index contributed by atoms with van der Waals surface area (Å²) in [6.45, 7) is 2.57. The van der Waals surface area contributed by atoms with E-state index in [1.54, 1.807) is 11.3 Å². The molecule has 0 aliphatic rings. The molecule has 3 rings (SSSR count). The molecule has 0 aliphatic carbocycles. The van der Waals surface area contributed by atoms with Crippen molar-refractivity contribution in [3.8, 4) is 0 Å². The first kappa shape index (κ1) is 12.4. The molecule has 0 amide bonds. The maximum absolute atomic E-state index is 6.23. The number of benzene rings is 1. The molecule has 2 aromatic heterocycles. The topological polar surface area (TPSA) is 42.7 Å². The summed E-state index contributed by atoms with van der Waals surface area (Å²) < 4.78 is 2.99. The van der Waals surface area contributed by atoms with Crippen LogP contribution in [0.1, 0.15) is 11.4 Å². The Kier molecular flexibility index (Phi) is 3.16. The minimum atomic E-state index is 0.653. The zero-order chi connectivity index (χ0) is 13.4. The lowest BCUT2D eigenvalue weighted by Crippen LogP contribution is -2.05. The molecule has 2 heterocycles. The predicted molar refractivity (Wildman–Crippen MR) is 79.9 cm³/mol. The predicted octanol–water partition coefficient (Wildman–Crippen LogP) is 3.60. The molecular formula is C13H13ClN4S. The smallest absolute Gasteiger partial charge is 0.0865 e. The Morgan fingerprint density at radius 1 is 1.42 bits per heavy atom. The molecule has 0 saturated carbocycles. The fourth-order valence-corrected chi connectivity index (χ4v) is 2.97. The first-order valence-corrected chi connectivity index (χ1v) is 7.16. The van der Waals surface area contributed by atoms with Gasteiger partial charge in [0.15, 0.2) is 0 Å². The minimum Gasteiger partial charge on any atom is -0.379 e. The van der Waals surface area contributed by atoms with Crippen LogP contribution in [-0.4, -0.2) is 14.8 Å². The van der Waals surface area contributed by atoms with Crippen molar-refractivity contribution in [1.82, 2.24) is 14.8 Å². The zero-order valence-electron chi connectivity index (χ0n) is 10.6. The number of halogens is 1. The van der Waals surface area contributed by atoms with Gasteiger partial charge in [-0.2, -0.15) is 5.10 Å². The number of anilines is 1. The summed E-state index contributed by atoms with van der Waals surface area (Å²) in [5.74, 6) is 0. The molecule has 0 atom stereocenters. The molecule has 4 nitrogen and oxygen atoms in total. The van der Waals surface area contributed by atoms with Crippen molar-refractivity contribution in [2.24, 2.45) is 7.05 Å². The Morgan fingerprint density at radius 2 is 2.26 bits per heavy atom. The van der Waals surface area contributed by atoms with Crippen molar-refractivity contribution in [2.45, 2.75) is 13.5 Å². The number of hydrogen-bond donors (Lipinski definition) is 1. The van der Waals surface area contributed by atoms with E-state index in [9.17, 15) is 0 Å². The van der Waals surface area contributed by atoms with Crippen LogP contribution in [0.2, 0.25) is 5.02 Å². The van der Waals surface area contributed by atoms with Crippen LogP contribution in [0.15, 0.2) is 23.7 Å². The van der Waals surface area contributed by atoms with E-state index in [2.05, 4.69) is 21.5 Å². The van der Waals surface area contributed by atoms with Crippen molar-refractivity contribution in [3.05, 3.63) is 40.1 Å². The Labute approximate surface area is 120 Å². The number of fused-ring (bicyclic) bond motifs is 1. The largest absolute Gasteiger partial charge is 0.379 e. The third kappa shape index (κ3) is 2.31. The molecule has 0 saturated heterocycles. The van der Waals surface area contributed by atoms with Gasteiger partial charge in [-0.25, -0.2) is 4.98 Å². The fraction of sp³-hybridized carbons (Fsp3) is 0.231. The van der Waals surface area contributed by atoms with Crippen LogP contribution in [0.5, 0.6) is 0 Å². The standard InChI is InChI=1S/C13H13ClN4S/c1-8-13(14)11(18(2)17-8)6-15-9-3-4-10-12(5-9)19-7-16-10/h3-5,7,15H,6H2,1-2H3. The van der Waals surface area contributed by atoms with E-state index in [4.69, 9.17) is 11.6 Å². The van der Waals surface area contributed by atoms with Crippen LogP contribution in [-0.2, 0) is 13.6 Å². The molecule has 98 valence electrons. The quantitative estimate of drug-likeness (QED) is 0.802. The molecule has 0 spiro atoms. The second kappa shape index (κ2) is 4.83. The van der Waals surface area contributed by atoms with Gasteiger partial charge in [0.05, 0.1) is 38.7 Å². The van der Waals surface area contributed by atoms with Gasteiger partial charge in [-0.15, -0.1) is 11.3 Å². The number of nitrogens with zero attached hydrogens (tertiary/aromatic N) is 3. The van der Waals surface area contributed by atoms with Crippen LogP contribution in [0.3, 0.4) is 0 Å². The summed E-state index contributed by atoms with van der Waals surface area (Å²) in [7, 11) is 1.91. The van der Waals surface area contributed by atoms with E-state index in [0.29, 0.717) is 6.54 Å². The van der Waals surface area contributed by atoms with Crippen molar-refractivity contribution in [1.29, 1.82) is 0 Å². The molecule has 0 radical (unpaired) electrons. The van der Waals surface area contributed by atoms with Gasteiger partial charge in [-0.05, 0) is 25.1 Å². The summed E-state index contributed by atoms with van der Waals surface area (Å²) in [5, 5.41) is 8.40. The van der Waals surface area contributed by atoms with Crippen LogP contribution >= 0.6 is 22.9 Å². The van der Waals surface area contributed by atoms with Crippen LogP contribution in [0, 0.1) is 6.92 Å². The third-order valence-corrected chi connectivity index (χ3v) is 4.34. The molecule has 1 aromatic carbocycles. The summed E-state index contributed by atoms with van der Waals surface area (Å²) in [6, 6.07) is 6.15. The van der Waals surface area contributed by atoms with Crippen LogP contribution in [0.4, 0.5) is 5.69 Å². The van der Waals surface area contributed by atoms with Gasteiger partial charge in [-0.1, -0.05) is 11.6 Å². The first-order chi connectivity index (χ1) is 9.15. The molecule has 6 heteroatoms. The summed E-state index contributed by atoms with van der Waals surface area (Å²) >= 11 is 7.87. The highest BCUT2D eigenvalue weighted by molar-refractivity contribution is 7.16. The fourth-order valence-electron chi connectivity index (χ4n) is 2.02. The van der Waals surface area contributed by atoms with E-state index in [1.165, 1.54) is 4.70 Å². The molecule has 0 unspecified atom stereocenters. The Hall–Kier alpha value is -1.59. The average molecular weight is 293 g/mol. The maximum Gasteiger partial charge on any atom is 0.0865 e. The highest BCUT2D eigenvalue weighted by atomic mass is 35.5. The van der Waals surface area contributed by atoms with Gasteiger partial charge < -0.3 is 5.32 Å². The SMILES string of the molecule is Cc1nn(C)c(CNc2ccc3ncsc3c2)c1Cl. The van der Waals surface area contributed by atoms with E-state index in [0.717, 1.165) is 27.6 Å². The Morgan fingerprint density at radius 3 is 3.00 bits per heavy atom. The number of nitrogens with one attached hydrogen (secondary N) is 1. The molecular weight excluding hydrogens is 280 g/mol. The van der Waals surface area contributed by atoms with Crippen LogP contribution < -0.4 is 5.32 Å². The van der Waals surface area contributed by atoms with E-state index in [1.807, 2.05) is 36.3 Å². The summed E-state index contributed by atoms with van der Waals surface area (Å²) in [4.78, 5) is 4.27. The lowest BCUT2D eigenvalue weighted by Gasteiger charge is -2.07. The lowest BCUT2D eigenvalue weighted by molar-refractivity contribution is 0.713. The number of aryl methyl sites for hydroxylation is 2. The molecule has 3 aromatic rings. The van der Waals surface area contributed by atoms with Crippen molar-refractivity contribution < 1.29 is 0 Å². The van der Waals surface area contributed by atoms with Gasteiger partial charge in [-0.3, -0.25) is 4.68 Å². The van der Waals surface area contributed by atoms with Gasteiger partial charge in [0.2, 0.25) is 0 Å². The third-order valence-electron chi connectivity index (χ3n) is 3.05. The second-order valence-corrected chi connectivity index (χ2v) is 5.62. The summed E-state index contributed by atoms with van der Waals surface area (Å²) in [6.07, 6.45) is 0. The highest BCUT2D eigenvalue weighted by Gasteiger charge is 2.10. The first-order valence-electron chi connectivity index (χ1n) is 5.90. The molecule has 19 heavy (non-hydrogen) atoms. The van der Waals surface area contributed by atoms with Gasteiger partial charge in [0.25, 0.3) is 0 Å². The second-order valence-electron chi connectivity index (χ2n) is 4.36. The average Bonchev–Trinajstić information content (AvgIpc) is 2.94. The molecule has 0 bridgehead atoms. The van der Waals surface area contributed by atoms with E-state index >= 15 is 0 Å². The zero-order valence-corrected chi connectivity index (χ0v) is 12.2. The van der Waals surface area contributed by atoms with Gasteiger partial charge >= 0.3 is 0 Å². The van der Waals surface area contributed by atoms with Crippen LogP contribution in [0.25, 0.3) is 10.2 Å². The van der Waals surface area contributed by atoms with Crippen molar-refractivity contribution >= 4 is 38.8 Å². The van der Waals surface area contributed by atoms with Gasteiger partial charge in [0.1, 0.15) is 0 Å². The number of hydrogen-bond acceptors (Lipinski definition) is 4. The van der Waals surface area contributed by atoms with E-state index in [-0.39, 0.29) is 0 Å². The molecule has 0 fully saturated rings. The normalized spacial score (nSPS) is 11.1. The molecule has 1 N–H and O–H groups in total. The monoisotopic (exact) mass is 292 g/mol. The van der Waals surface area contributed by atoms with Crippen molar-refractivity contribution in [3.63, 3.8) is 0 Å². The summed E-state index contributed by atoms with van der Waals surface area (Å²) in [5.41, 5.74) is 5.80. The maximum atomic E-state index is 6.23. The number of aromatic nitrogens is 3. The minimum absolute atomic E-state index is 0.653. The molecule has 0 aliphatic heterocycles. The Bertz CT molecular complexity index is 731. The lowest BCUT2D eigenvalue weighted by atomic mass is 10.3.